The molecule has 0 aromatic carbocycles. The molecule has 0 aliphatic heterocycles. The van der Waals surface area contributed by atoms with Crippen molar-refractivity contribution in [3.05, 3.63) is 12.7 Å². The van der Waals surface area contributed by atoms with E-state index in [4.69, 9.17) is 9.47 Å². The van der Waals surface area contributed by atoms with Crippen molar-refractivity contribution in [2.75, 3.05) is 32.9 Å². The van der Waals surface area contributed by atoms with Gasteiger partial charge < -0.3 is 14.8 Å². The second-order valence-electron chi connectivity index (χ2n) is 3.44. The summed E-state index contributed by atoms with van der Waals surface area (Å²) >= 11 is 0. The molecule has 0 rings (SSSR count). The van der Waals surface area contributed by atoms with Gasteiger partial charge in [0.2, 0.25) is 0 Å². The summed E-state index contributed by atoms with van der Waals surface area (Å²) in [6, 6.07) is 0. The van der Waals surface area contributed by atoms with Crippen LogP contribution in [0.5, 0.6) is 0 Å². The Hall–Kier alpha value is -0.870. The maximum Gasteiger partial charge on any atom is 0.319 e. The third-order valence-electron chi connectivity index (χ3n) is 1.92. The number of nitrogens with one attached hydrogen (secondary N) is 1. The lowest BCUT2D eigenvalue weighted by molar-refractivity contribution is -0.142. The molecule has 0 bridgehead atoms. The minimum Gasteiger partial charge on any atom is -0.465 e. The molecular formula is C12H23NO3. The second kappa shape index (κ2) is 12.2. The highest BCUT2D eigenvalue weighted by Crippen LogP contribution is 1.88. The molecule has 0 atom stereocenters. The van der Waals surface area contributed by atoms with Gasteiger partial charge in [0.25, 0.3) is 0 Å². The zero-order valence-corrected chi connectivity index (χ0v) is 10.2. The quantitative estimate of drug-likeness (QED) is 0.331. The smallest absolute Gasteiger partial charge is 0.319 e. The highest BCUT2D eigenvalue weighted by atomic mass is 16.5. The molecule has 0 fully saturated rings. The van der Waals surface area contributed by atoms with Gasteiger partial charge in [-0.1, -0.05) is 19.4 Å². The molecule has 0 heterocycles. The Balaban J connectivity index is 3.12. The summed E-state index contributed by atoms with van der Waals surface area (Å²) in [6.45, 7) is 8.40. The van der Waals surface area contributed by atoms with Gasteiger partial charge in [-0.2, -0.15) is 0 Å². The Labute approximate surface area is 98.0 Å². The summed E-state index contributed by atoms with van der Waals surface area (Å²) < 4.78 is 10.2. The molecule has 0 amide bonds. The van der Waals surface area contributed by atoms with E-state index in [1.54, 1.807) is 0 Å². The lowest BCUT2D eigenvalue weighted by Crippen LogP contribution is -2.28. The minimum atomic E-state index is -0.195. The normalized spacial score (nSPS) is 10.1. The first-order chi connectivity index (χ1) is 7.81. The third kappa shape index (κ3) is 11.2. The molecule has 0 radical (unpaired) electrons. The number of hydrogen-bond acceptors (Lipinski definition) is 4. The van der Waals surface area contributed by atoms with Crippen LogP contribution in [0.1, 0.15) is 26.2 Å². The Morgan fingerprint density at radius 3 is 2.88 bits per heavy atom. The van der Waals surface area contributed by atoms with Gasteiger partial charge in [-0.3, -0.25) is 4.79 Å². The van der Waals surface area contributed by atoms with Crippen molar-refractivity contribution < 1.29 is 14.3 Å². The fourth-order valence-electron chi connectivity index (χ4n) is 0.985. The van der Waals surface area contributed by atoms with Gasteiger partial charge in [0.15, 0.2) is 0 Å². The second-order valence-corrected chi connectivity index (χ2v) is 3.44. The number of ether oxygens (including phenoxy) is 2. The lowest BCUT2D eigenvalue weighted by atomic mass is 10.4. The van der Waals surface area contributed by atoms with E-state index in [2.05, 4.69) is 18.8 Å². The number of unbranched alkanes of at least 4 members (excludes halogenated alkanes) is 1. The zero-order chi connectivity index (χ0) is 12.1. The molecule has 0 aliphatic carbocycles. The summed E-state index contributed by atoms with van der Waals surface area (Å²) in [6.07, 6.45) is 4.64. The average Bonchev–Trinajstić information content (AvgIpc) is 2.28. The van der Waals surface area contributed by atoms with Crippen LogP contribution in [0.15, 0.2) is 12.7 Å². The molecule has 0 aromatic rings. The summed E-state index contributed by atoms with van der Waals surface area (Å²) in [7, 11) is 0. The first-order valence-corrected chi connectivity index (χ1v) is 5.86. The summed E-state index contributed by atoms with van der Waals surface area (Å²) in [5, 5.41) is 2.96. The number of hydrogen-bond donors (Lipinski definition) is 1. The molecule has 1 N–H and O–H groups in total. The van der Waals surface area contributed by atoms with Gasteiger partial charge in [-0.15, -0.1) is 6.58 Å². The van der Waals surface area contributed by atoms with Crippen LogP contribution in [0, 0.1) is 0 Å². The summed E-state index contributed by atoms with van der Waals surface area (Å²) in [5.74, 6) is -0.195. The van der Waals surface area contributed by atoms with E-state index in [0.29, 0.717) is 26.4 Å². The molecule has 0 saturated carbocycles. The van der Waals surface area contributed by atoms with E-state index in [1.807, 2.05) is 6.08 Å². The molecule has 0 aromatic heterocycles. The van der Waals surface area contributed by atoms with Crippen molar-refractivity contribution in [3.8, 4) is 0 Å². The van der Waals surface area contributed by atoms with E-state index >= 15 is 0 Å². The molecular weight excluding hydrogens is 206 g/mol. The Bertz CT molecular complexity index is 183. The van der Waals surface area contributed by atoms with Crippen LogP contribution >= 0.6 is 0 Å². The van der Waals surface area contributed by atoms with E-state index in [1.165, 1.54) is 0 Å². The van der Waals surface area contributed by atoms with Crippen molar-refractivity contribution in [3.63, 3.8) is 0 Å². The third-order valence-corrected chi connectivity index (χ3v) is 1.92. The van der Waals surface area contributed by atoms with Gasteiger partial charge in [0, 0.05) is 6.54 Å². The first-order valence-electron chi connectivity index (χ1n) is 5.86. The highest BCUT2D eigenvalue weighted by molar-refractivity contribution is 5.71. The van der Waals surface area contributed by atoms with Crippen molar-refractivity contribution in [2.24, 2.45) is 0 Å². The molecule has 0 unspecified atom stereocenters. The largest absolute Gasteiger partial charge is 0.465 e. The van der Waals surface area contributed by atoms with Gasteiger partial charge in [-0.05, 0) is 12.8 Å². The number of carbonyl (C=O) groups excluding carboxylic acids is 1. The zero-order valence-electron chi connectivity index (χ0n) is 10.2. The van der Waals surface area contributed by atoms with Crippen LogP contribution in [0.3, 0.4) is 0 Å². The number of esters is 1. The van der Waals surface area contributed by atoms with Gasteiger partial charge >= 0.3 is 5.97 Å². The molecule has 4 heteroatoms. The van der Waals surface area contributed by atoms with Crippen LogP contribution in [0.25, 0.3) is 0 Å². The van der Waals surface area contributed by atoms with E-state index in [0.717, 1.165) is 19.3 Å². The van der Waals surface area contributed by atoms with Gasteiger partial charge in [0.1, 0.15) is 0 Å². The lowest BCUT2D eigenvalue weighted by Gasteiger charge is -2.06. The van der Waals surface area contributed by atoms with Crippen molar-refractivity contribution in [2.45, 2.75) is 26.2 Å². The van der Waals surface area contributed by atoms with Crippen LogP contribution in [0.4, 0.5) is 0 Å². The van der Waals surface area contributed by atoms with Crippen molar-refractivity contribution in [1.82, 2.24) is 5.32 Å². The molecule has 94 valence electrons. The van der Waals surface area contributed by atoms with Gasteiger partial charge in [-0.25, -0.2) is 0 Å². The molecule has 4 nitrogen and oxygen atoms in total. The summed E-state index contributed by atoms with van der Waals surface area (Å²) in [4.78, 5) is 11.1. The Morgan fingerprint density at radius 1 is 1.38 bits per heavy atom. The Morgan fingerprint density at radius 2 is 2.19 bits per heavy atom. The van der Waals surface area contributed by atoms with E-state index in [-0.39, 0.29) is 12.5 Å². The molecule has 0 spiro atoms. The maximum atomic E-state index is 11.1. The van der Waals surface area contributed by atoms with Crippen LogP contribution in [0.2, 0.25) is 0 Å². The van der Waals surface area contributed by atoms with Crippen LogP contribution in [-0.4, -0.2) is 38.9 Å². The SMILES string of the molecule is C=CCCOCCNCC(=O)OCCCC. The monoisotopic (exact) mass is 229 g/mol. The predicted octanol–water partition coefficient (Wildman–Crippen LogP) is 1.51. The molecule has 0 aliphatic rings. The predicted molar refractivity (Wildman–Crippen MR) is 64.4 cm³/mol. The minimum absolute atomic E-state index is 0.195. The number of rotatable bonds is 11. The topological polar surface area (TPSA) is 47.6 Å². The first kappa shape index (κ1) is 15.1. The highest BCUT2D eigenvalue weighted by Gasteiger charge is 2.00. The number of carbonyl (C=O) groups is 1. The standard InChI is InChI=1S/C12H23NO3/c1-3-5-8-15-10-7-13-11-12(14)16-9-6-4-2/h3,13H,1,4-11H2,2H3. The fraction of sp³-hybridized carbons (Fsp3) is 0.750. The molecule has 0 saturated heterocycles. The van der Waals surface area contributed by atoms with Crippen molar-refractivity contribution in [1.29, 1.82) is 0 Å². The Kier molecular flexibility index (Phi) is 11.5. The maximum absolute atomic E-state index is 11.1. The van der Waals surface area contributed by atoms with E-state index < -0.39 is 0 Å². The fourth-order valence-corrected chi connectivity index (χ4v) is 0.985. The van der Waals surface area contributed by atoms with Crippen LogP contribution < -0.4 is 5.32 Å². The average molecular weight is 229 g/mol. The van der Waals surface area contributed by atoms with E-state index in [9.17, 15) is 4.79 Å². The van der Waals surface area contributed by atoms with Gasteiger partial charge in [0.05, 0.1) is 26.4 Å². The molecule has 16 heavy (non-hydrogen) atoms. The van der Waals surface area contributed by atoms with Crippen LogP contribution in [-0.2, 0) is 14.3 Å². The summed E-state index contributed by atoms with van der Waals surface area (Å²) in [5.41, 5.74) is 0. The van der Waals surface area contributed by atoms with Crippen molar-refractivity contribution >= 4 is 5.97 Å².